The zero-order valence-corrected chi connectivity index (χ0v) is 27.4. The Morgan fingerprint density at radius 3 is 2.02 bits per heavy atom. The number of nitrogens with zero attached hydrogens (tertiary/aromatic N) is 1. The van der Waals surface area contributed by atoms with Crippen LogP contribution >= 0.6 is 0 Å². The zero-order valence-electron chi connectivity index (χ0n) is 27.4. The monoisotopic (exact) mass is 694 g/mol. The molecule has 50 heavy (non-hydrogen) atoms. The van der Waals surface area contributed by atoms with Gasteiger partial charge in [-0.05, 0) is 65.9 Å². The number of likely N-dealkylation sites (tertiary alicyclic amines) is 1. The van der Waals surface area contributed by atoms with E-state index in [4.69, 9.17) is 9.47 Å². The summed E-state index contributed by atoms with van der Waals surface area (Å²) in [6.07, 6.45) is 5.80. The van der Waals surface area contributed by atoms with E-state index < -0.39 is 46.8 Å². The summed E-state index contributed by atoms with van der Waals surface area (Å²) in [5.74, 6) is -12.5. The van der Waals surface area contributed by atoms with E-state index >= 15 is 0 Å². The smallest absolute Gasteiger partial charge is 0.257 e. The third kappa shape index (κ3) is 8.24. The quantitative estimate of drug-likeness (QED) is 0.105. The molecule has 2 saturated heterocycles. The highest BCUT2D eigenvalue weighted by atomic mass is 19.2. The van der Waals surface area contributed by atoms with E-state index in [9.17, 15) is 31.9 Å². The predicted molar refractivity (Wildman–Crippen MR) is 177 cm³/mol. The highest BCUT2D eigenvalue weighted by Gasteiger charge is 2.34. The van der Waals surface area contributed by atoms with Gasteiger partial charge in [-0.3, -0.25) is 4.79 Å². The molecule has 0 radical (unpaired) electrons. The lowest BCUT2D eigenvalue weighted by atomic mass is 9.98. The molecule has 0 aliphatic carbocycles. The number of nitrogens with one attached hydrogen (secondary N) is 1. The minimum atomic E-state index is -2.33. The predicted octanol–water partition coefficient (Wildman–Crippen LogP) is 8.28. The Balaban J connectivity index is 1.20. The fourth-order valence-electron chi connectivity index (χ4n) is 6.62. The average Bonchev–Trinajstić information content (AvgIpc) is 3.13. The first-order valence-corrected chi connectivity index (χ1v) is 16.9. The van der Waals surface area contributed by atoms with Crippen LogP contribution in [-0.2, 0) is 22.6 Å². The number of rotatable bonds is 9. The van der Waals surface area contributed by atoms with Gasteiger partial charge in [-0.15, -0.1) is 0 Å². The van der Waals surface area contributed by atoms with Crippen LogP contribution in [0.1, 0.15) is 83.5 Å². The van der Waals surface area contributed by atoms with Crippen molar-refractivity contribution < 1.29 is 41.3 Å². The molecule has 0 bridgehead atoms. The van der Waals surface area contributed by atoms with Crippen LogP contribution in [0, 0.1) is 29.1 Å². The molecule has 264 valence electrons. The minimum Gasteiger partial charge on any atom is -0.392 e. The number of hydrogen-bond donors (Lipinski definition) is 2. The number of carbonyl (C=O) groups excluding carboxylic acids is 1. The van der Waals surface area contributed by atoms with Crippen molar-refractivity contribution in [3.63, 3.8) is 0 Å². The third-order valence-corrected chi connectivity index (χ3v) is 9.33. The Morgan fingerprint density at radius 2 is 1.34 bits per heavy atom. The maximum atomic E-state index is 14.2. The molecule has 4 aromatic rings. The van der Waals surface area contributed by atoms with Crippen molar-refractivity contribution in [2.75, 3.05) is 19.6 Å². The van der Waals surface area contributed by atoms with E-state index in [0.29, 0.717) is 12.0 Å². The van der Waals surface area contributed by atoms with Gasteiger partial charge >= 0.3 is 0 Å². The summed E-state index contributed by atoms with van der Waals surface area (Å²) in [5.41, 5.74) is 3.21. The second-order valence-corrected chi connectivity index (χ2v) is 12.9. The summed E-state index contributed by atoms with van der Waals surface area (Å²) in [5, 5.41) is 11.8. The van der Waals surface area contributed by atoms with Crippen LogP contribution in [0.4, 0.5) is 22.0 Å². The van der Waals surface area contributed by atoms with Gasteiger partial charge in [-0.25, -0.2) is 22.0 Å². The Labute approximate surface area is 287 Å². The third-order valence-electron chi connectivity index (χ3n) is 9.33. The largest absolute Gasteiger partial charge is 0.392 e. The van der Waals surface area contributed by atoms with Crippen molar-refractivity contribution in [1.29, 1.82) is 0 Å². The van der Waals surface area contributed by atoms with Crippen molar-refractivity contribution in [2.45, 2.75) is 70.2 Å². The lowest BCUT2D eigenvalue weighted by Crippen LogP contribution is -2.40. The van der Waals surface area contributed by atoms with Gasteiger partial charge in [0.1, 0.15) is 5.56 Å². The Morgan fingerprint density at radius 1 is 0.720 bits per heavy atom. The lowest BCUT2D eigenvalue weighted by molar-refractivity contribution is -0.253. The van der Waals surface area contributed by atoms with Crippen LogP contribution < -0.4 is 5.32 Å². The van der Waals surface area contributed by atoms with Crippen LogP contribution in [0.15, 0.2) is 72.8 Å². The number of ether oxygens (including phenoxy) is 2. The van der Waals surface area contributed by atoms with E-state index in [0.717, 1.165) is 47.5 Å². The van der Waals surface area contributed by atoms with E-state index in [-0.39, 0.29) is 25.4 Å². The first-order chi connectivity index (χ1) is 24.2. The van der Waals surface area contributed by atoms with Gasteiger partial charge in [0.25, 0.3) is 5.91 Å². The van der Waals surface area contributed by atoms with Gasteiger partial charge in [0.15, 0.2) is 29.6 Å². The Bertz CT molecular complexity index is 1770. The summed E-state index contributed by atoms with van der Waals surface area (Å²) < 4.78 is 82.3. The molecular formula is C39H39F5N2O4. The second kappa shape index (κ2) is 16.2. The summed E-state index contributed by atoms with van der Waals surface area (Å²) >= 11 is 0. The number of halogens is 5. The molecule has 0 saturated carbocycles. The molecule has 0 spiro atoms. The lowest BCUT2D eigenvalue weighted by Gasteiger charge is -2.39. The van der Waals surface area contributed by atoms with Gasteiger partial charge in [-0.2, -0.15) is 0 Å². The molecule has 0 aromatic heterocycles. The van der Waals surface area contributed by atoms with Crippen LogP contribution in [-0.4, -0.2) is 41.7 Å². The molecule has 2 fully saturated rings. The molecule has 6 rings (SSSR count). The first-order valence-electron chi connectivity index (χ1n) is 16.9. The molecule has 1 amide bonds. The van der Waals surface area contributed by atoms with E-state index in [2.05, 4.69) is 10.2 Å². The number of hydrogen-bond acceptors (Lipinski definition) is 5. The highest BCUT2D eigenvalue weighted by Crippen LogP contribution is 2.39. The zero-order chi connectivity index (χ0) is 35.2. The molecule has 11 heteroatoms. The summed E-state index contributed by atoms with van der Waals surface area (Å²) in [7, 11) is 0. The van der Waals surface area contributed by atoms with E-state index in [1.54, 1.807) is 18.2 Å². The van der Waals surface area contributed by atoms with Crippen molar-refractivity contribution in [2.24, 2.45) is 0 Å². The number of aliphatic hydroxyl groups excluding tert-OH is 1. The number of carbonyl (C=O) groups is 1. The van der Waals surface area contributed by atoms with Crippen molar-refractivity contribution in [3.8, 4) is 11.1 Å². The van der Waals surface area contributed by atoms with Crippen LogP contribution in [0.2, 0.25) is 0 Å². The Hall–Kier alpha value is -4.16. The van der Waals surface area contributed by atoms with Gasteiger partial charge in [0.2, 0.25) is 5.82 Å². The number of benzene rings is 4. The molecule has 6 nitrogen and oxygen atoms in total. The molecule has 4 aromatic carbocycles. The molecular weight excluding hydrogens is 655 g/mol. The van der Waals surface area contributed by atoms with Crippen LogP contribution in [0.3, 0.4) is 0 Å². The van der Waals surface area contributed by atoms with E-state index in [1.807, 2.05) is 54.6 Å². The first kappa shape index (κ1) is 35.7. The summed E-state index contributed by atoms with van der Waals surface area (Å²) in [6, 6.07) is 22.5. The van der Waals surface area contributed by atoms with Gasteiger partial charge in [0, 0.05) is 25.1 Å². The van der Waals surface area contributed by atoms with Crippen LogP contribution in [0.5, 0.6) is 0 Å². The minimum absolute atomic E-state index is 0.0409. The van der Waals surface area contributed by atoms with Crippen molar-refractivity contribution in [1.82, 2.24) is 10.2 Å². The van der Waals surface area contributed by atoms with Gasteiger partial charge < -0.3 is 24.8 Å². The normalized spacial score (nSPS) is 20.2. The van der Waals surface area contributed by atoms with E-state index in [1.165, 1.54) is 32.1 Å². The fourth-order valence-corrected chi connectivity index (χ4v) is 6.62. The highest BCUT2D eigenvalue weighted by molar-refractivity contribution is 5.94. The van der Waals surface area contributed by atoms with Gasteiger partial charge in [-0.1, -0.05) is 79.9 Å². The topological polar surface area (TPSA) is 71.0 Å². The molecule has 0 unspecified atom stereocenters. The van der Waals surface area contributed by atoms with Crippen LogP contribution in [0.25, 0.3) is 11.1 Å². The Kier molecular flexibility index (Phi) is 11.6. The SMILES string of the molecule is O=C(NCc1cccc(-c2cccc([C@H]3O[C@@H](CN4CCCCCCC4)C[C@@H](c4ccc(CO)cc4)O3)c2)c1)c1c(F)c(F)c(F)c(F)c1F. The molecule has 2 aliphatic rings. The van der Waals surface area contributed by atoms with Gasteiger partial charge in [0.05, 0.1) is 18.8 Å². The summed E-state index contributed by atoms with van der Waals surface area (Å²) in [6.45, 7) is 2.60. The second-order valence-electron chi connectivity index (χ2n) is 12.9. The standard InChI is InChI=1S/C39H39F5N2O4/c40-33-32(34(41)36(43)37(44)35(33)42)38(48)45-21-25-8-6-9-27(18-25)28-10-7-11-29(19-28)39-49-30(22-46-16-4-2-1-3-5-17-46)20-31(50-39)26-14-12-24(23-47)13-15-26/h6-15,18-19,30-31,39,47H,1-5,16-17,20-23H2,(H,45,48)/t30-,31+,39+/m1/s1. The van der Waals surface area contributed by atoms with Crippen molar-refractivity contribution >= 4 is 5.91 Å². The summed E-state index contributed by atoms with van der Waals surface area (Å²) in [4.78, 5) is 15.0. The number of aliphatic hydroxyl groups is 1. The van der Waals surface area contributed by atoms with Crippen molar-refractivity contribution in [3.05, 3.63) is 130 Å². The fraction of sp³-hybridized carbons (Fsp3) is 0.359. The number of amides is 1. The molecule has 2 aliphatic heterocycles. The average molecular weight is 695 g/mol. The maximum absolute atomic E-state index is 14.2. The molecule has 2 N–H and O–H groups in total. The molecule has 2 heterocycles. The molecule has 3 atom stereocenters. The maximum Gasteiger partial charge on any atom is 0.257 e.